The molecule has 2 saturated heterocycles. The van der Waals surface area contributed by atoms with E-state index in [1.807, 2.05) is 65.6 Å². The molecule has 0 aliphatic carbocycles. The zero-order valence-corrected chi connectivity index (χ0v) is 23.9. The Bertz CT molecular complexity index is 1480. The fourth-order valence-electron chi connectivity index (χ4n) is 5.16. The molecular formula is C31H32N6O4S. The Morgan fingerprint density at radius 1 is 0.857 bits per heavy atom. The van der Waals surface area contributed by atoms with E-state index in [1.165, 1.54) is 12.1 Å². The Morgan fingerprint density at radius 3 is 2.21 bits per heavy atom. The van der Waals surface area contributed by atoms with Gasteiger partial charge in [0, 0.05) is 68.9 Å². The van der Waals surface area contributed by atoms with E-state index in [0.29, 0.717) is 37.6 Å². The Morgan fingerprint density at radius 2 is 1.55 bits per heavy atom. The number of non-ortho nitro benzene ring substituents is 1. The monoisotopic (exact) mass is 584 g/mol. The molecule has 2 aliphatic heterocycles. The van der Waals surface area contributed by atoms with E-state index in [1.54, 1.807) is 12.1 Å². The Balaban J connectivity index is 1.14. The molecule has 0 aromatic heterocycles. The van der Waals surface area contributed by atoms with E-state index in [9.17, 15) is 19.7 Å². The Hall–Kier alpha value is -4.77. The van der Waals surface area contributed by atoms with Crippen LogP contribution in [0.15, 0.2) is 78.9 Å². The number of nitrogens with one attached hydrogen (secondary N) is 2. The average molecular weight is 585 g/mol. The van der Waals surface area contributed by atoms with E-state index in [2.05, 4.69) is 20.4 Å². The minimum atomic E-state index is -0.510. The molecule has 11 heteroatoms. The van der Waals surface area contributed by atoms with Crippen LogP contribution >= 0.6 is 12.2 Å². The van der Waals surface area contributed by atoms with E-state index in [0.717, 1.165) is 37.2 Å². The van der Waals surface area contributed by atoms with Crippen LogP contribution < -0.4 is 20.4 Å². The fourth-order valence-corrected chi connectivity index (χ4v) is 5.37. The molecule has 42 heavy (non-hydrogen) atoms. The van der Waals surface area contributed by atoms with Gasteiger partial charge < -0.3 is 20.0 Å². The lowest BCUT2D eigenvalue weighted by Crippen LogP contribution is -2.48. The largest absolute Gasteiger partial charge is 0.371 e. The molecule has 0 unspecified atom stereocenters. The zero-order chi connectivity index (χ0) is 29.5. The molecule has 2 aliphatic rings. The third-order valence-corrected chi connectivity index (χ3v) is 7.61. The highest BCUT2D eigenvalue weighted by atomic mass is 32.1. The van der Waals surface area contributed by atoms with E-state index < -0.39 is 10.8 Å². The van der Waals surface area contributed by atoms with Gasteiger partial charge in [-0.15, -0.1) is 0 Å². The maximum Gasteiger partial charge on any atom is 0.270 e. The molecule has 216 valence electrons. The molecule has 5 rings (SSSR count). The van der Waals surface area contributed by atoms with E-state index >= 15 is 0 Å². The minimum Gasteiger partial charge on any atom is -0.371 e. The molecule has 0 bridgehead atoms. The summed E-state index contributed by atoms with van der Waals surface area (Å²) in [6, 6.07) is 21.8. The lowest BCUT2D eigenvalue weighted by Gasteiger charge is -2.35. The number of hydrogen-bond acceptors (Lipinski definition) is 7. The Labute approximate surface area is 249 Å². The van der Waals surface area contributed by atoms with E-state index in [4.69, 9.17) is 12.2 Å². The van der Waals surface area contributed by atoms with Gasteiger partial charge in [-0.25, -0.2) is 0 Å². The van der Waals surface area contributed by atoms with Crippen LogP contribution in [-0.2, 0) is 4.79 Å². The standard InChI is InChI=1S/C31H32N6O4S/c38-29(15-8-23-6-2-1-3-7-23)36-20-18-34(19-21-36)25-11-9-24(10-12-25)32-31(42)33-30(39)27-22-26(37(40)41)13-14-28(27)35-16-4-5-17-35/h1-3,6-15,22H,4-5,16-21H2,(H2,32,33,39,42)/b15-8+. The summed E-state index contributed by atoms with van der Waals surface area (Å²) >= 11 is 5.38. The second kappa shape index (κ2) is 13.3. The van der Waals surface area contributed by atoms with Crippen LogP contribution in [0.2, 0.25) is 0 Å². The quantitative estimate of drug-likeness (QED) is 0.178. The molecule has 10 nitrogen and oxygen atoms in total. The number of piperazine rings is 1. The van der Waals surface area contributed by atoms with Gasteiger partial charge in [0.05, 0.1) is 16.2 Å². The lowest BCUT2D eigenvalue weighted by atomic mass is 10.1. The van der Waals surface area contributed by atoms with Gasteiger partial charge in [0.1, 0.15) is 0 Å². The summed E-state index contributed by atoms with van der Waals surface area (Å²) in [4.78, 5) is 42.7. The van der Waals surface area contributed by atoms with Gasteiger partial charge in [-0.1, -0.05) is 30.3 Å². The number of amides is 2. The summed E-state index contributed by atoms with van der Waals surface area (Å²) in [7, 11) is 0. The highest BCUT2D eigenvalue weighted by Gasteiger charge is 2.23. The molecule has 0 radical (unpaired) electrons. The van der Waals surface area contributed by atoms with Crippen molar-refractivity contribution in [3.05, 3.63) is 100 Å². The molecule has 2 amide bonds. The number of nitro benzene ring substituents is 1. The summed E-state index contributed by atoms with van der Waals surface area (Å²) in [5.74, 6) is -0.493. The molecule has 0 atom stereocenters. The molecule has 2 N–H and O–H groups in total. The lowest BCUT2D eigenvalue weighted by molar-refractivity contribution is -0.384. The first-order valence-electron chi connectivity index (χ1n) is 13.9. The van der Waals surface area contributed by atoms with Gasteiger partial charge in [-0.05, 0) is 67.0 Å². The van der Waals surface area contributed by atoms with Gasteiger partial charge >= 0.3 is 0 Å². The predicted molar refractivity (Wildman–Crippen MR) is 169 cm³/mol. The molecule has 2 heterocycles. The summed E-state index contributed by atoms with van der Waals surface area (Å²) in [5, 5.41) is 17.1. The molecule has 3 aromatic rings. The summed E-state index contributed by atoms with van der Waals surface area (Å²) in [6.07, 6.45) is 5.48. The van der Waals surface area contributed by atoms with Crippen molar-refractivity contribution in [2.45, 2.75) is 12.8 Å². The smallest absolute Gasteiger partial charge is 0.270 e. The normalized spacial score (nSPS) is 15.1. The molecule has 2 fully saturated rings. The van der Waals surface area contributed by atoms with Crippen molar-refractivity contribution in [3.8, 4) is 0 Å². The van der Waals surface area contributed by atoms with Crippen LogP contribution in [0.1, 0.15) is 28.8 Å². The first-order valence-corrected chi connectivity index (χ1v) is 14.3. The summed E-state index contributed by atoms with van der Waals surface area (Å²) in [6.45, 7) is 4.29. The predicted octanol–water partition coefficient (Wildman–Crippen LogP) is 4.68. The first-order chi connectivity index (χ1) is 20.4. The maximum atomic E-state index is 13.1. The first kappa shape index (κ1) is 28.7. The van der Waals surface area contributed by atoms with Crippen molar-refractivity contribution in [2.75, 3.05) is 54.4 Å². The average Bonchev–Trinajstić information content (AvgIpc) is 3.55. The maximum absolute atomic E-state index is 13.1. The molecule has 0 saturated carbocycles. The number of nitro groups is 1. The number of nitrogens with zero attached hydrogens (tertiary/aromatic N) is 4. The highest BCUT2D eigenvalue weighted by Crippen LogP contribution is 2.28. The van der Waals surface area contributed by atoms with Crippen molar-refractivity contribution in [3.63, 3.8) is 0 Å². The van der Waals surface area contributed by atoms with Gasteiger partial charge in [0.25, 0.3) is 11.6 Å². The minimum absolute atomic E-state index is 0.00580. The van der Waals surface area contributed by atoms with Gasteiger partial charge in [-0.2, -0.15) is 0 Å². The van der Waals surface area contributed by atoms with Crippen molar-refractivity contribution in [2.24, 2.45) is 0 Å². The fraction of sp³-hybridized carbons (Fsp3) is 0.258. The van der Waals surface area contributed by atoms with Gasteiger partial charge in [0.15, 0.2) is 5.11 Å². The van der Waals surface area contributed by atoms with Crippen LogP contribution in [0, 0.1) is 10.1 Å². The number of benzene rings is 3. The van der Waals surface area contributed by atoms with Crippen molar-refractivity contribution < 1.29 is 14.5 Å². The molecule has 0 spiro atoms. The molecular weight excluding hydrogens is 552 g/mol. The van der Waals surface area contributed by atoms with Crippen LogP contribution in [0.5, 0.6) is 0 Å². The third kappa shape index (κ3) is 7.10. The second-order valence-electron chi connectivity index (χ2n) is 10.2. The molecule has 3 aromatic carbocycles. The third-order valence-electron chi connectivity index (χ3n) is 7.41. The second-order valence-corrected chi connectivity index (χ2v) is 10.6. The summed E-state index contributed by atoms with van der Waals surface area (Å²) < 4.78 is 0. The number of carbonyl (C=O) groups excluding carboxylic acids is 2. The number of rotatable bonds is 7. The van der Waals surface area contributed by atoms with Crippen LogP contribution in [0.4, 0.5) is 22.7 Å². The zero-order valence-electron chi connectivity index (χ0n) is 23.1. The number of anilines is 3. The van der Waals surface area contributed by atoms with Crippen molar-refractivity contribution >= 4 is 58.0 Å². The van der Waals surface area contributed by atoms with Gasteiger partial charge in [0.2, 0.25) is 5.91 Å². The van der Waals surface area contributed by atoms with E-state index in [-0.39, 0.29) is 22.3 Å². The highest BCUT2D eigenvalue weighted by molar-refractivity contribution is 7.80. The number of carbonyl (C=O) groups is 2. The number of thiocarbonyl (C=S) groups is 1. The van der Waals surface area contributed by atoms with Crippen LogP contribution in [0.3, 0.4) is 0 Å². The topological polar surface area (TPSA) is 111 Å². The van der Waals surface area contributed by atoms with Gasteiger partial charge in [-0.3, -0.25) is 25.0 Å². The van der Waals surface area contributed by atoms with Crippen molar-refractivity contribution in [1.29, 1.82) is 0 Å². The van der Waals surface area contributed by atoms with Crippen LogP contribution in [-0.4, -0.2) is 66.0 Å². The summed E-state index contributed by atoms with van der Waals surface area (Å²) in [5.41, 5.74) is 3.45. The number of hydrogen-bond donors (Lipinski definition) is 2. The van der Waals surface area contributed by atoms with Crippen LogP contribution in [0.25, 0.3) is 6.08 Å². The Kier molecular flexibility index (Phi) is 9.08. The van der Waals surface area contributed by atoms with Crippen molar-refractivity contribution in [1.82, 2.24) is 10.2 Å². The SMILES string of the molecule is O=C(NC(=S)Nc1ccc(N2CCN(C(=O)/C=C/c3ccccc3)CC2)cc1)c1cc([N+](=O)[O-])ccc1N1CCCC1.